The lowest BCUT2D eigenvalue weighted by molar-refractivity contribution is -0.117. The quantitative estimate of drug-likeness (QED) is 0.658. The number of unbranched alkanes of at least 4 members (excludes halogenated alkanes) is 4. The number of Topliss-reactive ketones (excluding diaryl/α,β-unsaturated/α-hetero) is 1. The molecular formula is C12H21ClN2O. The van der Waals surface area contributed by atoms with Crippen LogP contribution < -0.4 is 0 Å². The molecule has 0 radical (unpaired) electrons. The van der Waals surface area contributed by atoms with E-state index in [1.54, 1.807) is 6.92 Å². The van der Waals surface area contributed by atoms with E-state index in [0.717, 1.165) is 19.4 Å². The summed E-state index contributed by atoms with van der Waals surface area (Å²) < 4.78 is 2.11. The number of rotatable bonds is 8. The molecule has 16 heavy (non-hydrogen) atoms. The Kier molecular flexibility index (Phi) is 8.91. The predicted octanol–water partition coefficient (Wildman–Crippen LogP) is 3.23. The molecule has 92 valence electrons. The molecule has 0 spiro atoms. The highest BCUT2D eigenvalue weighted by atomic mass is 35.5. The summed E-state index contributed by atoms with van der Waals surface area (Å²) in [6, 6.07) is 0. The van der Waals surface area contributed by atoms with E-state index in [2.05, 4.69) is 9.55 Å². The molecule has 1 aromatic rings. The molecule has 0 fully saturated rings. The molecule has 0 aliphatic carbocycles. The highest BCUT2D eigenvalue weighted by molar-refractivity contribution is 5.85. The Bertz CT molecular complexity index is 273. The maximum absolute atomic E-state index is 10.7. The van der Waals surface area contributed by atoms with Crippen molar-refractivity contribution in [3.63, 3.8) is 0 Å². The first-order valence-corrected chi connectivity index (χ1v) is 5.74. The fourth-order valence-electron chi connectivity index (χ4n) is 1.62. The molecule has 0 aliphatic heterocycles. The summed E-state index contributed by atoms with van der Waals surface area (Å²) in [5.41, 5.74) is 0. The summed E-state index contributed by atoms with van der Waals surface area (Å²) in [4.78, 5) is 14.7. The average Bonchev–Trinajstić information content (AvgIpc) is 2.68. The maximum atomic E-state index is 10.7. The molecule has 0 amide bonds. The normalized spacial score (nSPS) is 9.81. The standard InChI is InChI=1S/C12H20N2O.ClH/c1-12(15)7-5-3-2-4-6-9-14-10-8-13-11-14;/h8,10-11H,2-7,9H2,1H3;1H. The van der Waals surface area contributed by atoms with Crippen molar-refractivity contribution in [3.05, 3.63) is 18.7 Å². The minimum atomic E-state index is 0. The van der Waals surface area contributed by atoms with E-state index in [4.69, 9.17) is 0 Å². The van der Waals surface area contributed by atoms with Crippen LogP contribution in [-0.2, 0) is 11.3 Å². The van der Waals surface area contributed by atoms with Crippen molar-refractivity contribution in [2.75, 3.05) is 0 Å². The van der Waals surface area contributed by atoms with Crippen LogP contribution in [0.15, 0.2) is 18.7 Å². The van der Waals surface area contributed by atoms with E-state index in [1.165, 1.54) is 25.7 Å². The van der Waals surface area contributed by atoms with Crippen LogP contribution in [0.25, 0.3) is 0 Å². The lowest BCUT2D eigenvalue weighted by Crippen LogP contribution is -1.94. The average molecular weight is 245 g/mol. The van der Waals surface area contributed by atoms with Crippen LogP contribution in [-0.4, -0.2) is 15.3 Å². The number of ketones is 1. The lowest BCUT2D eigenvalue weighted by atomic mass is 10.1. The second-order valence-corrected chi connectivity index (χ2v) is 4.02. The largest absolute Gasteiger partial charge is 0.337 e. The fraction of sp³-hybridized carbons (Fsp3) is 0.667. The van der Waals surface area contributed by atoms with E-state index in [-0.39, 0.29) is 12.4 Å². The highest BCUT2D eigenvalue weighted by Crippen LogP contribution is 2.06. The highest BCUT2D eigenvalue weighted by Gasteiger charge is 1.94. The minimum Gasteiger partial charge on any atom is -0.337 e. The van der Waals surface area contributed by atoms with Gasteiger partial charge >= 0.3 is 0 Å². The van der Waals surface area contributed by atoms with E-state index in [0.29, 0.717) is 5.78 Å². The zero-order valence-corrected chi connectivity index (χ0v) is 10.7. The molecule has 1 heterocycles. The molecule has 1 aromatic heterocycles. The lowest BCUT2D eigenvalue weighted by Gasteiger charge is -2.02. The zero-order valence-electron chi connectivity index (χ0n) is 9.89. The van der Waals surface area contributed by atoms with Gasteiger partial charge in [0, 0.05) is 25.4 Å². The Morgan fingerprint density at radius 3 is 2.50 bits per heavy atom. The van der Waals surface area contributed by atoms with E-state index in [9.17, 15) is 4.79 Å². The molecule has 0 bridgehead atoms. The van der Waals surface area contributed by atoms with Crippen molar-refractivity contribution in [2.24, 2.45) is 0 Å². The number of carbonyl (C=O) groups is 1. The van der Waals surface area contributed by atoms with Gasteiger partial charge in [0.05, 0.1) is 6.33 Å². The van der Waals surface area contributed by atoms with Gasteiger partial charge < -0.3 is 9.36 Å². The molecule has 0 saturated heterocycles. The van der Waals surface area contributed by atoms with Crippen LogP contribution in [0.4, 0.5) is 0 Å². The first-order valence-electron chi connectivity index (χ1n) is 5.74. The monoisotopic (exact) mass is 244 g/mol. The number of carbonyl (C=O) groups excluding carboxylic acids is 1. The van der Waals surface area contributed by atoms with Gasteiger partial charge in [-0.05, 0) is 19.8 Å². The van der Waals surface area contributed by atoms with Crippen LogP contribution >= 0.6 is 12.4 Å². The Hall–Kier alpha value is -0.830. The Labute approximate surface area is 104 Å². The number of nitrogens with zero attached hydrogens (tertiary/aromatic N) is 2. The Balaban J connectivity index is 0.00000225. The molecule has 4 heteroatoms. The van der Waals surface area contributed by atoms with E-state index in [1.807, 2.05) is 18.7 Å². The molecule has 0 aliphatic rings. The number of hydrogen-bond donors (Lipinski definition) is 0. The topological polar surface area (TPSA) is 34.9 Å². The summed E-state index contributed by atoms with van der Waals surface area (Å²) in [7, 11) is 0. The van der Waals surface area contributed by atoms with Gasteiger partial charge in [-0.3, -0.25) is 0 Å². The number of aromatic nitrogens is 2. The van der Waals surface area contributed by atoms with Gasteiger partial charge in [-0.1, -0.05) is 19.3 Å². The van der Waals surface area contributed by atoms with Gasteiger partial charge in [0.15, 0.2) is 0 Å². The molecule has 0 unspecified atom stereocenters. The zero-order chi connectivity index (χ0) is 10.9. The van der Waals surface area contributed by atoms with Gasteiger partial charge in [0.1, 0.15) is 5.78 Å². The number of imidazole rings is 1. The van der Waals surface area contributed by atoms with Gasteiger partial charge in [-0.2, -0.15) is 0 Å². The Morgan fingerprint density at radius 2 is 1.88 bits per heavy atom. The van der Waals surface area contributed by atoms with Gasteiger partial charge in [-0.15, -0.1) is 12.4 Å². The van der Waals surface area contributed by atoms with Crippen molar-refractivity contribution in [2.45, 2.75) is 52.0 Å². The molecular weight excluding hydrogens is 224 g/mol. The van der Waals surface area contributed by atoms with Gasteiger partial charge in [0.2, 0.25) is 0 Å². The molecule has 3 nitrogen and oxygen atoms in total. The second-order valence-electron chi connectivity index (χ2n) is 4.02. The fourth-order valence-corrected chi connectivity index (χ4v) is 1.62. The third kappa shape index (κ3) is 7.46. The minimum absolute atomic E-state index is 0. The SMILES string of the molecule is CC(=O)CCCCCCCn1ccnc1.Cl. The molecule has 0 atom stereocenters. The van der Waals surface area contributed by atoms with Crippen molar-refractivity contribution >= 4 is 18.2 Å². The summed E-state index contributed by atoms with van der Waals surface area (Å²) in [6.45, 7) is 2.73. The number of hydrogen-bond acceptors (Lipinski definition) is 2. The van der Waals surface area contributed by atoms with E-state index < -0.39 is 0 Å². The summed E-state index contributed by atoms with van der Waals surface area (Å²) in [6.07, 6.45) is 12.3. The smallest absolute Gasteiger partial charge is 0.129 e. The van der Waals surface area contributed by atoms with Crippen LogP contribution in [0.2, 0.25) is 0 Å². The third-order valence-electron chi connectivity index (χ3n) is 2.50. The number of halogens is 1. The van der Waals surface area contributed by atoms with Crippen LogP contribution in [0.1, 0.15) is 45.4 Å². The molecule has 0 saturated carbocycles. The predicted molar refractivity (Wildman–Crippen MR) is 67.9 cm³/mol. The molecule has 0 aromatic carbocycles. The van der Waals surface area contributed by atoms with Crippen molar-refractivity contribution in [1.29, 1.82) is 0 Å². The summed E-state index contributed by atoms with van der Waals surface area (Å²) in [5.74, 6) is 0.313. The van der Waals surface area contributed by atoms with E-state index >= 15 is 0 Å². The summed E-state index contributed by atoms with van der Waals surface area (Å²) in [5, 5.41) is 0. The number of aryl methyl sites for hydroxylation is 1. The van der Waals surface area contributed by atoms with Gasteiger partial charge in [0.25, 0.3) is 0 Å². The Morgan fingerprint density at radius 1 is 1.19 bits per heavy atom. The maximum Gasteiger partial charge on any atom is 0.129 e. The van der Waals surface area contributed by atoms with Crippen molar-refractivity contribution in [1.82, 2.24) is 9.55 Å². The van der Waals surface area contributed by atoms with Crippen molar-refractivity contribution < 1.29 is 4.79 Å². The third-order valence-corrected chi connectivity index (χ3v) is 2.50. The van der Waals surface area contributed by atoms with Crippen LogP contribution in [0.3, 0.4) is 0 Å². The van der Waals surface area contributed by atoms with Gasteiger partial charge in [-0.25, -0.2) is 4.98 Å². The van der Waals surface area contributed by atoms with Crippen LogP contribution in [0, 0.1) is 0 Å². The molecule has 1 rings (SSSR count). The first-order chi connectivity index (χ1) is 7.29. The van der Waals surface area contributed by atoms with Crippen LogP contribution in [0.5, 0.6) is 0 Å². The molecule has 0 N–H and O–H groups in total. The van der Waals surface area contributed by atoms with Crippen molar-refractivity contribution in [3.8, 4) is 0 Å². The second kappa shape index (κ2) is 9.40. The first kappa shape index (κ1) is 15.2. The summed E-state index contributed by atoms with van der Waals surface area (Å²) >= 11 is 0.